The van der Waals surface area contributed by atoms with Crippen molar-refractivity contribution in [2.75, 3.05) is 0 Å². The topological polar surface area (TPSA) is 12.9 Å². The van der Waals surface area contributed by atoms with Gasteiger partial charge in [0.15, 0.2) is 0 Å². The summed E-state index contributed by atoms with van der Waals surface area (Å²) in [6, 6.07) is 3.99. The maximum absolute atomic E-state index is 4.07. The molecule has 0 bridgehead atoms. The maximum atomic E-state index is 4.07. The van der Waals surface area contributed by atoms with E-state index >= 15 is 0 Å². The Balaban J connectivity index is 2.86. The van der Waals surface area contributed by atoms with E-state index in [0.717, 1.165) is 11.1 Å². The molecule has 0 saturated heterocycles. The van der Waals surface area contributed by atoms with Crippen molar-refractivity contribution in [3.05, 3.63) is 60.5 Å². The Bertz CT molecular complexity index is 358. The van der Waals surface area contributed by atoms with Crippen molar-refractivity contribution in [3.8, 4) is 0 Å². The molecular formula is C13H15N. The molecule has 1 heterocycles. The number of rotatable bonds is 3. The minimum absolute atomic E-state index is 1.15. The van der Waals surface area contributed by atoms with E-state index in [1.54, 1.807) is 6.20 Å². The number of aromatic nitrogens is 1. The summed E-state index contributed by atoms with van der Waals surface area (Å²) in [5, 5.41) is 0. The van der Waals surface area contributed by atoms with Crippen molar-refractivity contribution in [2.45, 2.75) is 13.8 Å². The molecule has 0 aliphatic rings. The predicted octanol–water partition coefficient (Wildman–Crippen LogP) is 3.62. The van der Waals surface area contributed by atoms with Gasteiger partial charge in [-0.2, -0.15) is 0 Å². The Kier molecular flexibility index (Phi) is 3.86. The first kappa shape index (κ1) is 10.5. The van der Waals surface area contributed by atoms with Gasteiger partial charge in [0.25, 0.3) is 0 Å². The van der Waals surface area contributed by atoms with Crippen LogP contribution in [0.5, 0.6) is 0 Å². The first-order chi connectivity index (χ1) is 6.74. The highest BCUT2D eigenvalue weighted by Gasteiger charge is 1.91. The largest absolute Gasteiger partial charge is 0.264 e. The van der Waals surface area contributed by atoms with Crippen LogP contribution in [0.15, 0.2) is 54.9 Å². The number of allylic oxidation sites excluding steroid dienone is 5. The molecule has 0 amide bonds. The second-order valence-corrected chi connectivity index (χ2v) is 3.21. The molecule has 0 atom stereocenters. The highest BCUT2D eigenvalue weighted by Crippen LogP contribution is 2.11. The van der Waals surface area contributed by atoms with Crippen LogP contribution in [0.1, 0.15) is 19.4 Å². The van der Waals surface area contributed by atoms with Crippen molar-refractivity contribution < 1.29 is 0 Å². The van der Waals surface area contributed by atoms with Gasteiger partial charge in [-0.05, 0) is 31.1 Å². The van der Waals surface area contributed by atoms with Crippen LogP contribution in [0.25, 0.3) is 5.57 Å². The molecule has 0 aliphatic carbocycles. The van der Waals surface area contributed by atoms with Gasteiger partial charge in [-0.3, -0.25) is 4.98 Å². The van der Waals surface area contributed by atoms with E-state index < -0.39 is 0 Å². The van der Waals surface area contributed by atoms with Gasteiger partial charge >= 0.3 is 0 Å². The first-order valence-corrected chi connectivity index (χ1v) is 4.62. The molecule has 72 valence electrons. The maximum Gasteiger partial charge on any atom is 0.0342 e. The lowest BCUT2D eigenvalue weighted by Crippen LogP contribution is -1.79. The SMILES string of the molecule is C=C/C(C)=C\C=C(/C)c1cccnc1. The second-order valence-electron chi connectivity index (χ2n) is 3.21. The van der Waals surface area contributed by atoms with Gasteiger partial charge in [0.2, 0.25) is 0 Å². The normalized spacial score (nSPS) is 12.7. The van der Waals surface area contributed by atoms with Crippen LogP contribution in [-0.4, -0.2) is 4.98 Å². The van der Waals surface area contributed by atoms with Gasteiger partial charge in [0.05, 0.1) is 0 Å². The summed E-state index contributed by atoms with van der Waals surface area (Å²) in [5.74, 6) is 0. The Morgan fingerprint density at radius 1 is 1.36 bits per heavy atom. The average molecular weight is 185 g/mol. The molecular weight excluding hydrogens is 170 g/mol. The molecule has 1 aromatic rings. The summed E-state index contributed by atoms with van der Waals surface area (Å²) < 4.78 is 0. The van der Waals surface area contributed by atoms with E-state index in [0.29, 0.717) is 0 Å². The lowest BCUT2D eigenvalue weighted by Gasteiger charge is -1.98. The standard InChI is InChI=1S/C13H15N/c1-4-11(2)7-8-12(3)13-6-5-9-14-10-13/h4-10H,1H2,2-3H3/b11-7-,12-8+. The van der Waals surface area contributed by atoms with Crippen molar-refractivity contribution >= 4 is 5.57 Å². The third-order valence-corrected chi connectivity index (χ3v) is 2.04. The van der Waals surface area contributed by atoms with E-state index in [9.17, 15) is 0 Å². The highest BCUT2D eigenvalue weighted by atomic mass is 14.6. The third-order valence-electron chi connectivity index (χ3n) is 2.04. The fraction of sp³-hybridized carbons (Fsp3) is 0.154. The number of pyridine rings is 1. The Morgan fingerprint density at radius 2 is 2.14 bits per heavy atom. The number of hydrogen-bond donors (Lipinski definition) is 0. The van der Waals surface area contributed by atoms with Crippen LogP contribution >= 0.6 is 0 Å². The van der Waals surface area contributed by atoms with Gasteiger partial charge in [-0.1, -0.05) is 36.4 Å². The zero-order chi connectivity index (χ0) is 10.4. The van der Waals surface area contributed by atoms with Crippen molar-refractivity contribution in [1.82, 2.24) is 4.98 Å². The van der Waals surface area contributed by atoms with E-state index in [-0.39, 0.29) is 0 Å². The fourth-order valence-corrected chi connectivity index (χ4v) is 1.02. The van der Waals surface area contributed by atoms with Gasteiger partial charge in [0.1, 0.15) is 0 Å². The third kappa shape index (κ3) is 3.02. The number of hydrogen-bond acceptors (Lipinski definition) is 1. The average Bonchev–Trinajstić information content (AvgIpc) is 2.26. The molecule has 0 radical (unpaired) electrons. The Hall–Kier alpha value is -1.63. The quantitative estimate of drug-likeness (QED) is 0.655. The number of nitrogens with zero attached hydrogens (tertiary/aromatic N) is 1. The molecule has 0 fully saturated rings. The molecule has 1 rings (SSSR count). The highest BCUT2D eigenvalue weighted by molar-refractivity contribution is 5.64. The van der Waals surface area contributed by atoms with Crippen LogP contribution in [0.2, 0.25) is 0 Å². The summed E-state index contributed by atoms with van der Waals surface area (Å²) in [4.78, 5) is 4.07. The summed E-state index contributed by atoms with van der Waals surface area (Å²) in [5.41, 5.74) is 3.52. The molecule has 0 saturated carbocycles. The monoisotopic (exact) mass is 185 g/mol. The van der Waals surface area contributed by atoms with E-state index in [4.69, 9.17) is 0 Å². The molecule has 0 aromatic carbocycles. The minimum atomic E-state index is 1.15. The lowest BCUT2D eigenvalue weighted by molar-refractivity contribution is 1.30. The summed E-state index contributed by atoms with van der Waals surface area (Å²) in [6.07, 6.45) is 9.61. The smallest absolute Gasteiger partial charge is 0.0342 e. The fourth-order valence-electron chi connectivity index (χ4n) is 1.02. The Morgan fingerprint density at radius 3 is 2.71 bits per heavy atom. The zero-order valence-corrected chi connectivity index (χ0v) is 8.70. The molecule has 1 nitrogen and oxygen atoms in total. The summed E-state index contributed by atoms with van der Waals surface area (Å²) in [6.45, 7) is 7.80. The summed E-state index contributed by atoms with van der Waals surface area (Å²) in [7, 11) is 0. The molecule has 1 aromatic heterocycles. The van der Waals surface area contributed by atoms with E-state index in [1.165, 1.54) is 5.57 Å². The predicted molar refractivity (Wildman–Crippen MR) is 61.8 cm³/mol. The Labute approximate surface area is 85.5 Å². The van der Waals surface area contributed by atoms with E-state index in [1.807, 2.05) is 25.3 Å². The van der Waals surface area contributed by atoms with Crippen LogP contribution in [-0.2, 0) is 0 Å². The van der Waals surface area contributed by atoms with Gasteiger partial charge in [0, 0.05) is 12.4 Å². The molecule has 1 heteroatoms. The van der Waals surface area contributed by atoms with Crippen LogP contribution in [0, 0.1) is 0 Å². The van der Waals surface area contributed by atoms with E-state index in [2.05, 4.69) is 36.7 Å². The van der Waals surface area contributed by atoms with Crippen LogP contribution < -0.4 is 0 Å². The van der Waals surface area contributed by atoms with Crippen LogP contribution in [0.3, 0.4) is 0 Å². The molecule has 0 N–H and O–H groups in total. The second kappa shape index (κ2) is 5.18. The summed E-state index contributed by atoms with van der Waals surface area (Å²) >= 11 is 0. The molecule has 0 unspecified atom stereocenters. The van der Waals surface area contributed by atoms with Gasteiger partial charge < -0.3 is 0 Å². The molecule has 14 heavy (non-hydrogen) atoms. The zero-order valence-electron chi connectivity index (χ0n) is 8.70. The van der Waals surface area contributed by atoms with Gasteiger partial charge in [-0.15, -0.1) is 0 Å². The van der Waals surface area contributed by atoms with Crippen LogP contribution in [0.4, 0.5) is 0 Å². The molecule has 0 spiro atoms. The van der Waals surface area contributed by atoms with Crippen molar-refractivity contribution in [2.24, 2.45) is 0 Å². The lowest BCUT2D eigenvalue weighted by atomic mass is 10.1. The first-order valence-electron chi connectivity index (χ1n) is 4.62. The van der Waals surface area contributed by atoms with Crippen molar-refractivity contribution in [1.29, 1.82) is 0 Å². The molecule has 0 aliphatic heterocycles. The van der Waals surface area contributed by atoms with Crippen molar-refractivity contribution in [3.63, 3.8) is 0 Å². The minimum Gasteiger partial charge on any atom is -0.264 e. The van der Waals surface area contributed by atoms with Gasteiger partial charge in [-0.25, -0.2) is 0 Å².